The van der Waals surface area contributed by atoms with Crippen molar-refractivity contribution in [1.82, 2.24) is 9.80 Å². The molecule has 1 heterocycles. The Morgan fingerprint density at radius 1 is 1.00 bits per heavy atom. The Bertz CT molecular complexity index is 847. The highest BCUT2D eigenvalue weighted by atomic mass is 16.3. The Balaban J connectivity index is 1.55. The lowest BCUT2D eigenvalue weighted by Crippen LogP contribution is -2.51. The third-order valence-corrected chi connectivity index (χ3v) is 4.45. The molecule has 6 heteroatoms. The van der Waals surface area contributed by atoms with Crippen LogP contribution in [0.25, 0.3) is 0 Å². The smallest absolute Gasteiger partial charge is 0.254 e. The van der Waals surface area contributed by atoms with Gasteiger partial charge in [-0.15, -0.1) is 0 Å². The predicted octanol–water partition coefficient (Wildman–Crippen LogP) is 1.79. The molecule has 0 bridgehead atoms. The maximum absolute atomic E-state index is 12.5. The molecule has 1 N–H and O–H groups in total. The van der Waals surface area contributed by atoms with Crippen LogP contribution in [0, 0.1) is 11.3 Å². The number of carbonyl (C=O) groups excluding carboxylic acids is 2. The van der Waals surface area contributed by atoms with Crippen molar-refractivity contribution in [2.75, 3.05) is 26.2 Å². The molecule has 0 aromatic heterocycles. The molecule has 0 unspecified atom stereocenters. The van der Waals surface area contributed by atoms with Crippen molar-refractivity contribution in [3.63, 3.8) is 0 Å². The van der Waals surface area contributed by atoms with E-state index in [4.69, 9.17) is 5.26 Å². The Hall–Kier alpha value is -3.33. The van der Waals surface area contributed by atoms with Crippen LogP contribution < -0.4 is 0 Å². The average molecular weight is 349 g/mol. The van der Waals surface area contributed by atoms with Crippen molar-refractivity contribution in [3.05, 3.63) is 65.2 Å². The van der Waals surface area contributed by atoms with E-state index >= 15 is 0 Å². The molecule has 26 heavy (non-hydrogen) atoms. The first-order chi connectivity index (χ1) is 12.6. The molecule has 2 aromatic carbocycles. The summed E-state index contributed by atoms with van der Waals surface area (Å²) in [5, 5.41) is 18.3. The number of carbonyl (C=O) groups is 2. The van der Waals surface area contributed by atoms with Crippen molar-refractivity contribution < 1.29 is 14.7 Å². The number of hydrogen-bond acceptors (Lipinski definition) is 4. The Morgan fingerprint density at radius 2 is 1.65 bits per heavy atom. The van der Waals surface area contributed by atoms with Gasteiger partial charge in [0.05, 0.1) is 18.1 Å². The Morgan fingerprint density at radius 3 is 2.27 bits per heavy atom. The first-order valence-corrected chi connectivity index (χ1v) is 8.42. The molecular formula is C20H19N3O3. The van der Waals surface area contributed by atoms with Crippen LogP contribution in [0.3, 0.4) is 0 Å². The zero-order chi connectivity index (χ0) is 18.5. The van der Waals surface area contributed by atoms with Gasteiger partial charge in [-0.2, -0.15) is 5.26 Å². The van der Waals surface area contributed by atoms with Crippen LogP contribution in [0.15, 0.2) is 48.5 Å². The van der Waals surface area contributed by atoms with Crippen molar-refractivity contribution in [2.45, 2.75) is 6.42 Å². The predicted molar refractivity (Wildman–Crippen MR) is 95.5 cm³/mol. The SMILES string of the molecule is N#Cc1ccc(CC(=O)N2CCN(C(=O)c3cccc(O)c3)CC2)cc1. The molecular weight excluding hydrogens is 330 g/mol. The minimum atomic E-state index is -0.139. The maximum Gasteiger partial charge on any atom is 0.254 e. The number of phenols is 1. The topological polar surface area (TPSA) is 84.6 Å². The number of hydrogen-bond donors (Lipinski definition) is 1. The zero-order valence-corrected chi connectivity index (χ0v) is 14.3. The summed E-state index contributed by atoms with van der Waals surface area (Å²) in [6.07, 6.45) is 0.284. The van der Waals surface area contributed by atoms with Crippen molar-refractivity contribution >= 4 is 11.8 Å². The molecule has 6 nitrogen and oxygen atoms in total. The van der Waals surface area contributed by atoms with E-state index in [0.29, 0.717) is 37.3 Å². The second-order valence-electron chi connectivity index (χ2n) is 6.21. The summed E-state index contributed by atoms with van der Waals surface area (Å²) in [7, 11) is 0. The number of nitrogens with zero attached hydrogens (tertiary/aromatic N) is 3. The fraction of sp³-hybridized carbons (Fsp3) is 0.250. The van der Waals surface area contributed by atoms with Gasteiger partial charge in [0, 0.05) is 31.7 Å². The number of nitriles is 1. The van der Waals surface area contributed by atoms with E-state index in [0.717, 1.165) is 5.56 Å². The summed E-state index contributed by atoms with van der Waals surface area (Å²) in [6.45, 7) is 1.90. The highest BCUT2D eigenvalue weighted by molar-refractivity contribution is 5.94. The van der Waals surface area contributed by atoms with Crippen LogP contribution in [0.2, 0.25) is 0 Å². The van der Waals surface area contributed by atoms with Crippen LogP contribution >= 0.6 is 0 Å². The number of amides is 2. The van der Waals surface area contributed by atoms with Gasteiger partial charge in [-0.3, -0.25) is 9.59 Å². The number of rotatable bonds is 3. The Labute approximate surface area is 151 Å². The summed E-state index contributed by atoms with van der Waals surface area (Å²) in [4.78, 5) is 28.4. The average Bonchev–Trinajstić information content (AvgIpc) is 2.68. The highest BCUT2D eigenvalue weighted by Gasteiger charge is 2.25. The molecule has 3 rings (SSSR count). The van der Waals surface area contributed by atoms with Crippen molar-refractivity contribution in [3.8, 4) is 11.8 Å². The van der Waals surface area contributed by atoms with Gasteiger partial charge in [-0.1, -0.05) is 18.2 Å². The fourth-order valence-electron chi connectivity index (χ4n) is 2.96. The second kappa shape index (κ2) is 7.70. The van der Waals surface area contributed by atoms with Gasteiger partial charge >= 0.3 is 0 Å². The van der Waals surface area contributed by atoms with Gasteiger partial charge in [0.25, 0.3) is 5.91 Å². The number of aromatic hydroxyl groups is 1. The number of piperazine rings is 1. The van der Waals surface area contributed by atoms with Crippen molar-refractivity contribution in [1.29, 1.82) is 5.26 Å². The third kappa shape index (κ3) is 4.01. The van der Waals surface area contributed by atoms with Gasteiger partial charge in [-0.05, 0) is 35.9 Å². The lowest BCUT2D eigenvalue weighted by molar-refractivity contribution is -0.131. The molecule has 0 saturated carbocycles. The van der Waals surface area contributed by atoms with E-state index in [1.54, 1.807) is 46.2 Å². The van der Waals surface area contributed by atoms with Gasteiger partial charge in [0.2, 0.25) is 5.91 Å². The number of benzene rings is 2. The zero-order valence-electron chi connectivity index (χ0n) is 14.3. The highest BCUT2D eigenvalue weighted by Crippen LogP contribution is 2.15. The van der Waals surface area contributed by atoms with Crippen LogP contribution in [0.1, 0.15) is 21.5 Å². The quantitative estimate of drug-likeness (QED) is 0.915. The van der Waals surface area contributed by atoms with Gasteiger partial charge < -0.3 is 14.9 Å². The minimum absolute atomic E-state index is 0.0131. The van der Waals surface area contributed by atoms with Crippen LogP contribution in [0.5, 0.6) is 5.75 Å². The molecule has 1 saturated heterocycles. The third-order valence-electron chi connectivity index (χ3n) is 4.45. The van der Waals surface area contributed by atoms with Gasteiger partial charge in [-0.25, -0.2) is 0 Å². The van der Waals surface area contributed by atoms with E-state index in [1.807, 2.05) is 0 Å². The van der Waals surface area contributed by atoms with Crippen LogP contribution in [-0.4, -0.2) is 52.9 Å². The number of phenolic OH excluding ortho intramolecular Hbond substituents is 1. The first kappa shape index (κ1) is 17.5. The summed E-state index contributed by atoms with van der Waals surface area (Å²) in [5.74, 6) is -0.0636. The standard InChI is InChI=1S/C20H19N3O3/c21-14-16-6-4-15(5-7-16)12-19(25)22-8-10-23(11-9-22)20(26)17-2-1-3-18(24)13-17/h1-7,13,24H,8-12H2. The first-order valence-electron chi connectivity index (χ1n) is 8.42. The second-order valence-corrected chi connectivity index (χ2v) is 6.21. The molecule has 2 amide bonds. The lowest BCUT2D eigenvalue weighted by Gasteiger charge is -2.35. The Kier molecular flexibility index (Phi) is 5.18. The normalized spacial score (nSPS) is 14.0. The van der Waals surface area contributed by atoms with E-state index in [9.17, 15) is 14.7 Å². The molecule has 0 radical (unpaired) electrons. The molecule has 1 aliphatic rings. The van der Waals surface area contributed by atoms with Crippen LogP contribution in [0.4, 0.5) is 0 Å². The van der Waals surface area contributed by atoms with E-state index in [2.05, 4.69) is 6.07 Å². The van der Waals surface area contributed by atoms with Crippen molar-refractivity contribution in [2.24, 2.45) is 0 Å². The van der Waals surface area contributed by atoms with Gasteiger partial charge in [0.1, 0.15) is 5.75 Å². The molecule has 132 valence electrons. The summed E-state index contributed by atoms with van der Waals surface area (Å²) in [5.41, 5.74) is 1.88. The van der Waals surface area contributed by atoms with Crippen LogP contribution in [-0.2, 0) is 11.2 Å². The van der Waals surface area contributed by atoms with Gasteiger partial charge in [0.15, 0.2) is 0 Å². The van der Waals surface area contributed by atoms with E-state index in [-0.39, 0.29) is 24.0 Å². The lowest BCUT2D eigenvalue weighted by atomic mass is 10.1. The summed E-state index contributed by atoms with van der Waals surface area (Å²) in [6, 6.07) is 15.3. The summed E-state index contributed by atoms with van der Waals surface area (Å²) >= 11 is 0. The molecule has 2 aromatic rings. The molecule has 0 aliphatic carbocycles. The van der Waals surface area contributed by atoms with E-state index < -0.39 is 0 Å². The van der Waals surface area contributed by atoms with E-state index in [1.165, 1.54) is 12.1 Å². The molecule has 0 atom stereocenters. The largest absolute Gasteiger partial charge is 0.508 e. The monoisotopic (exact) mass is 349 g/mol. The summed E-state index contributed by atoms with van der Waals surface area (Å²) < 4.78 is 0. The maximum atomic E-state index is 12.5. The minimum Gasteiger partial charge on any atom is -0.508 e. The molecule has 1 fully saturated rings. The molecule has 1 aliphatic heterocycles. The fourth-order valence-corrected chi connectivity index (χ4v) is 2.96. The molecule has 0 spiro atoms.